The molecule has 1 aromatic heterocycles. The summed E-state index contributed by atoms with van der Waals surface area (Å²) in [6.45, 7) is 4.22. The lowest BCUT2D eigenvalue weighted by Gasteiger charge is -1.99. The van der Waals surface area contributed by atoms with Crippen LogP contribution in [0.25, 0.3) is 11.1 Å². The zero-order chi connectivity index (χ0) is 11.0. The molecule has 3 rings (SSSR count). The summed E-state index contributed by atoms with van der Waals surface area (Å²) in [5.74, 6) is 1.35. The first-order chi connectivity index (χ1) is 7.86. The van der Waals surface area contributed by atoms with Crippen LogP contribution in [0.15, 0.2) is 22.6 Å². The molecule has 1 aromatic carbocycles. The van der Waals surface area contributed by atoms with Gasteiger partial charge in [0.05, 0.1) is 0 Å². The molecule has 1 N–H and O–H groups in total. The van der Waals surface area contributed by atoms with Gasteiger partial charge in [0.1, 0.15) is 5.52 Å². The van der Waals surface area contributed by atoms with Gasteiger partial charge >= 0.3 is 0 Å². The van der Waals surface area contributed by atoms with Gasteiger partial charge in [-0.25, -0.2) is 4.98 Å². The fraction of sp³-hybridized carbons (Fsp3) is 0.462. The third kappa shape index (κ3) is 1.61. The number of aryl methyl sites for hydroxylation is 1. The van der Waals surface area contributed by atoms with E-state index in [-0.39, 0.29) is 0 Å². The van der Waals surface area contributed by atoms with Crippen LogP contribution in [-0.2, 0) is 6.42 Å². The zero-order valence-electron chi connectivity index (χ0n) is 9.49. The molecule has 0 radical (unpaired) electrons. The van der Waals surface area contributed by atoms with Crippen LogP contribution >= 0.6 is 0 Å². The number of fused-ring (bicyclic) bond motifs is 1. The third-order valence-electron chi connectivity index (χ3n) is 3.29. The van der Waals surface area contributed by atoms with E-state index in [1.807, 2.05) is 6.07 Å². The van der Waals surface area contributed by atoms with Crippen LogP contribution in [0.3, 0.4) is 0 Å². The van der Waals surface area contributed by atoms with Crippen molar-refractivity contribution in [2.45, 2.75) is 25.7 Å². The molecule has 1 atom stereocenters. The summed E-state index contributed by atoms with van der Waals surface area (Å²) in [5, 5.41) is 3.34. The summed E-state index contributed by atoms with van der Waals surface area (Å²) in [4.78, 5) is 4.60. The van der Waals surface area contributed by atoms with Gasteiger partial charge in [-0.1, -0.05) is 13.0 Å². The van der Waals surface area contributed by atoms with Crippen molar-refractivity contribution >= 4 is 11.1 Å². The molecule has 84 valence electrons. The minimum absolute atomic E-state index is 0.456. The van der Waals surface area contributed by atoms with Crippen molar-refractivity contribution in [3.8, 4) is 0 Å². The van der Waals surface area contributed by atoms with Crippen LogP contribution in [0.2, 0.25) is 0 Å². The Morgan fingerprint density at radius 3 is 3.19 bits per heavy atom. The Hall–Kier alpha value is -1.35. The van der Waals surface area contributed by atoms with E-state index in [0.29, 0.717) is 5.92 Å². The van der Waals surface area contributed by atoms with Gasteiger partial charge in [-0.05, 0) is 37.1 Å². The average Bonchev–Trinajstić information content (AvgIpc) is 2.96. The quantitative estimate of drug-likeness (QED) is 0.838. The maximum Gasteiger partial charge on any atom is 0.199 e. The summed E-state index contributed by atoms with van der Waals surface area (Å²) in [5.41, 5.74) is 3.23. The van der Waals surface area contributed by atoms with Gasteiger partial charge in [0, 0.05) is 12.5 Å². The highest BCUT2D eigenvalue weighted by Crippen LogP contribution is 2.26. The molecule has 1 fully saturated rings. The Bertz CT molecular complexity index is 498. The Morgan fingerprint density at radius 2 is 2.44 bits per heavy atom. The van der Waals surface area contributed by atoms with Crippen LogP contribution in [0, 0.1) is 0 Å². The summed E-state index contributed by atoms with van der Waals surface area (Å²) in [6.07, 6.45) is 2.18. The van der Waals surface area contributed by atoms with Crippen molar-refractivity contribution < 1.29 is 4.42 Å². The van der Waals surface area contributed by atoms with Gasteiger partial charge in [-0.3, -0.25) is 0 Å². The molecule has 1 aliphatic rings. The number of nitrogens with zero attached hydrogens (tertiary/aromatic N) is 1. The lowest BCUT2D eigenvalue weighted by atomic mass is 10.1. The molecule has 16 heavy (non-hydrogen) atoms. The zero-order valence-corrected chi connectivity index (χ0v) is 9.49. The molecule has 0 amide bonds. The van der Waals surface area contributed by atoms with Crippen molar-refractivity contribution in [2.24, 2.45) is 0 Å². The van der Waals surface area contributed by atoms with Gasteiger partial charge in [0.2, 0.25) is 0 Å². The molecule has 0 bridgehead atoms. The summed E-state index contributed by atoms with van der Waals surface area (Å²) >= 11 is 0. The maximum absolute atomic E-state index is 5.80. The van der Waals surface area contributed by atoms with E-state index in [4.69, 9.17) is 4.42 Å². The number of rotatable bonds is 2. The number of hydrogen-bond acceptors (Lipinski definition) is 3. The molecule has 1 unspecified atom stereocenters. The first kappa shape index (κ1) is 9.85. The van der Waals surface area contributed by atoms with Crippen LogP contribution in [0.5, 0.6) is 0 Å². The van der Waals surface area contributed by atoms with E-state index >= 15 is 0 Å². The minimum Gasteiger partial charge on any atom is -0.440 e. The van der Waals surface area contributed by atoms with Crippen LogP contribution in [-0.4, -0.2) is 18.1 Å². The van der Waals surface area contributed by atoms with Crippen LogP contribution in [0.4, 0.5) is 0 Å². The van der Waals surface area contributed by atoms with E-state index in [1.165, 1.54) is 5.56 Å². The molecule has 3 heteroatoms. The Morgan fingerprint density at radius 1 is 1.50 bits per heavy atom. The number of oxazole rings is 1. The second-order valence-electron chi connectivity index (χ2n) is 4.40. The van der Waals surface area contributed by atoms with Gasteiger partial charge in [-0.15, -0.1) is 0 Å². The van der Waals surface area contributed by atoms with Crippen molar-refractivity contribution in [3.63, 3.8) is 0 Å². The first-order valence-electron chi connectivity index (χ1n) is 5.97. The van der Waals surface area contributed by atoms with E-state index in [9.17, 15) is 0 Å². The van der Waals surface area contributed by atoms with E-state index < -0.39 is 0 Å². The fourth-order valence-corrected chi connectivity index (χ4v) is 2.25. The van der Waals surface area contributed by atoms with Crippen molar-refractivity contribution in [2.75, 3.05) is 13.1 Å². The van der Waals surface area contributed by atoms with Crippen molar-refractivity contribution in [1.82, 2.24) is 10.3 Å². The van der Waals surface area contributed by atoms with E-state index in [0.717, 1.165) is 42.9 Å². The second kappa shape index (κ2) is 3.91. The van der Waals surface area contributed by atoms with Crippen LogP contribution in [0.1, 0.15) is 30.7 Å². The van der Waals surface area contributed by atoms with Gasteiger partial charge in [-0.2, -0.15) is 0 Å². The topological polar surface area (TPSA) is 38.1 Å². The first-order valence-corrected chi connectivity index (χ1v) is 5.97. The maximum atomic E-state index is 5.80. The van der Waals surface area contributed by atoms with E-state index in [1.54, 1.807) is 0 Å². The average molecular weight is 216 g/mol. The smallest absolute Gasteiger partial charge is 0.199 e. The lowest BCUT2D eigenvalue weighted by molar-refractivity contribution is 0.485. The lowest BCUT2D eigenvalue weighted by Crippen LogP contribution is -2.07. The fourth-order valence-electron chi connectivity index (χ4n) is 2.25. The molecular weight excluding hydrogens is 200 g/mol. The monoisotopic (exact) mass is 216 g/mol. The van der Waals surface area contributed by atoms with Crippen molar-refractivity contribution in [1.29, 1.82) is 0 Å². The number of aromatic nitrogens is 1. The molecule has 0 saturated carbocycles. The summed E-state index contributed by atoms with van der Waals surface area (Å²) < 4.78 is 5.80. The molecule has 2 aromatic rings. The van der Waals surface area contributed by atoms with Gasteiger partial charge in [0.15, 0.2) is 11.5 Å². The van der Waals surface area contributed by atoms with Gasteiger partial charge in [0.25, 0.3) is 0 Å². The minimum atomic E-state index is 0.456. The molecule has 1 saturated heterocycles. The largest absolute Gasteiger partial charge is 0.440 e. The molecule has 1 aliphatic heterocycles. The molecule has 3 nitrogen and oxygen atoms in total. The molecule has 2 heterocycles. The Balaban J connectivity index is 2.01. The second-order valence-corrected chi connectivity index (χ2v) is 4.40. The van der Waals surface area contributed by atoms with Crippen molar-refractivity contribution in [3.05, 3.63) is 29.7 Å². The standard InChI is InChI=1S/C13H16N2O/c1-2-9-3-4-12-11(7-9)15-13(16-12)10-5-6-14-8-10/h3-4,7,10,14H,2,5-6,8H2,1H3. The van der Waals surface area contributed by atoms with E-state index in [2.05, 4.69) is 29.4 Å². The summed E-state index contributed by atoms with van der Waals surface area (Å²) in [6, 6.07) is 6.28. The third-order valence-corrected chi connectivity index (χ3v) is 3.29. The van der Waals surface area contributed by atoms with Crippen LogP contribution < -0.4 is 5.32 Å². The predicted molar refractivity (Wildman–Crippen MR) is 63.6 cm³/mol. The number of nitrogens with one attached hydrogen (secondary N) is 1. The highest BCUT2D eigenvalue weighted by atomic mass is 16.3. The number of benzene rings is 1. The molecule has 0 spiro atoms. The molecule has 0 aliphatic carbocycles. The highest BCUT2D eigenvalue weighted by molar-refractivity contribution is 5.73. The Labute approximate surface area is 94.9 Å². The van der Waals surface area contributed by atoms with Gasteiger partial charge < -0.3 is 9.73 Å². The Kier molecular flexibility index (Phi) is 2.40. The number of hydrogen-bond donors (Lipinski definition) is 1. The SMILES string of the molecule is CCc1ccc2oc(C3CCNC3)nc2c1. The molecular formula is C13H16N2O. The normalized spacial score (nSPS) is 20.7. The highest BCUT2D eigenvalue weighted by Gasteiger charge is 2.21. The predicted octanol–water partition coefficient (Wildman–Crippen LogP) is 2.47. The summed E-state index contributed by atoms with van der Waals surface area (Å²) in [7, 11) is 0.